The fourth-order valence-corrected chi connectivity index (χ4v) is 3.24. The third-order valence-corrected chi connectivity index (χ3v) is 5.04. The standard InChI is InChI=1S/2C13H21.2ClH.Zr/c2*1-3-5-7-12-9-10-13(11-12)8-6-4-2;;;/h2*9-11H,3-8H2,1-2H3;2*1H;/q2*-1;;;+4/p-2. The Balaban J connectivity index is -0.000000422. The van der Waals surface area contributed by atoms with Gasteiger partial charge in [-0.15, -0.1) is 0 Å². The van der Waals surface area contributed by atoms with E-state index in [9.17, 15) is 0 Å². The van der Waals surface area contributed by atoms with E-state index in [0.717, 1.165) is 0 Å². The fraction of sp³-hybridized carbons (Fsp3) is 0.615. The predicted molar refractivity (Wildman–Crippen MR) is 119 cm³/mol. The van der Waals surface area contributed by atoms with Crippen molar-refractivity contribution in [1.82, 2.24) is 0 Å². The topological polar surface area (TPSA) is 0 Å². The summed E-state index contributed by atoms with van der Waals surface area (Å²) in [6.07, 6.45) is 15.6. The molecule has 0 aliphatic heterocycles. The molecule has 0 bridgehead atoms. The summed E-state index contributed by atoms with van der Waals surface area (Å²) in [5.74, 6) is 0. The van der Waals surface area contributed by atoms with E-state index in [1.54, 1.807) is 0 Å². The summed E-state index contributed by atoms with van der Waals surface area (Å²) < 4.78 is 0. The Morgan fingerprint density at radius 1 is 0.586 bits per heavy atom. The van der Waals surface area contributed by atoms with Gasteiger partial charge in [0.15, 0.2) is 0 Å². The van der Waals surface area contributed by atoms with Crippen LogP contribution in [0.3, 0.4) is 0 Å². The number of hydrogen-bond donors (Lipinski definition) is 0. The fourth-order valence-electron chi connectivity index (χ4n) is 3.24. The first kappa shape index (κ1) is 33.8. The number of aryl methyl sites for hydroxylation is 4. The molecule has 0 N–H and O–H groups in total. The molecule has 0 unspecified atom stereocenters. The molecule has 0 nitrogen and oxygen atoms in total. The molecule has 164 valence electrons. The molecule has 2 aromatic rings. The summed E-state index contributed by atoms with van der Waals surface area (Å²) in [6.45, 7) is 9.00. The van der Waals surface area contributed by atoms with Gasteiger partial charge in [0.25, 0.3) is 0 Å². The van der Waals surface area contributed by atoms with Gasteiger partial charge in [-0.2, -0.15) is 46.5 Å². The van der Waals surface area contributed by atoms with Gasteiger partial charge in [-0.1, -0.05) is 105 Å². The first-order chi connectivity index (χ1) is 12.7. The van der Waals surface area contributed by atoms with Crippen molar-refractivity contribution in [2.45, 2.75) is 105 Å². The Morgan fingerprint density at radius 2 is 0.931 bits per heavy atom. The molecule has 0 amide bonds. The van der Waals surface area contributed by atoms with Crippen LogP contribution in [0.4, 0.5) is 0 Å². The Bertz CT molecular complexity index is 461. The van der Waals surface area contributed by atoms with Crippen molar-refractivity contribution in [2.75, 3.05) is 0 Å². The van der Waals surface area contributed by atoms with Crippen molar-refractivity contribution in [3.63, 3.8) is 0 Å². The summed E-state index contributed by atoms with van der Waals surface area (Å²) in [7, 11) is 0. The zero-order valence-electron chi connectivity index (χ0n) is 19.2. The maximum atomic E-state index is 2.38. The summed E-state index contributed by atoms with van der Waals surface area (Å²) in [5.41, 5.74) is 6.14. The summed E-state index contributed by atoms with van der Waals surface area (Å²) in [5, 5.41) is 0. The molecule has 3 heteroatoms. The average Bonchev–Trinajstić information content (AvgIpc) is 3.31. The minimum Gasteiger partial charge on any atom is -1.00 e. The largest absolute Gasteiger partial charge is 4.00 e. The van der Waals surface area contributed by atoms with Crippen LogP contribution in [0.25, 0.3) is 0 Å². The summed E-state index contributed by atoms with van der Waals surface area (Å²) >= 11 is 0. The van der Waals surface area contributed by atoms with E-state index in [1.165, 1.54) is 99.3 Å². The molecule has 0 saturated heterocycles. The second-order valence-corrected chi connectivity index (χ2v) is 7.67. The third-order valence-electron chi connectivity index (χ3n) is 5.04. The van der Waals surface area contributed by atoms with Crippen LogP contribution >= 0.6 is 0 Å². The Kier molecular flexibility index (Phi) is 26.6. The molecular weight excluding hydrogens is 474 g/mol. The Morgan fingerprint density at radius 3 is 1.24 bits per heavy atom. The van der Waals surface area contributed by atoms with E-state index in [-0.39, 0.29) is 51.0 Å². The van der Waals surface area contributed by atoms with Gasteiger partial charge in [0.2, 0.25) is 0 Å². The van der Waals surface area contributed by atoms with E-state index < -0.39 is 0 Å². The number of halogens is 2. The van der Waals surface area contributed by atoms with Crippen molar-refractivity contribution in [3.8, 4) is 0 Å². The maximum Gasteiger partial charge on any atom is 4.00 e. The number of hydrogen-bond acceptors (Lipinski definition) is 0. The van der Waals surface area contributed by atoms with Gasteiger partial charge in [0.1, 0.15) is 0 Å². The summed E-state index contributed by atoms with van der Waals surface area (Å²) in [6, 6.07) is 13.9. The second kappa shape index (κ2) is 22.8. The van der Waals surface area contributed by atoms with Crippen LogP contribution in [-0.4, -0.2) is 0 Å². The van der Waals surface area contributed by atoms with Gasteiger partial charge in [-0.3, -0.25) is 0 Å². The van der Waals surface area contributed by atoms with Crippen molar-refractivity contribution < 1.29 is 51.0 Å². The smallest absolute Gasteiger partial charge is 1.00 e. The molecule has 0 atom stereocenters. The van der Waals surface area contributed by atoms with Gasteiger partial charge in [-0.25, -0.2) is 12.1 Å². The van der Waals surface area contributed by atoms with E-state index in [0.29, 0.717) is 0 Å². The molecule has 0 aromatic heterocycles. The van der Waals surface area contributed by atoms with Crippen LogP contribution in [0.15, 0.2) is 36.4 Å². The minimum atomic E-state index is 0. The Labute approximate surface area is 213 Å². The van der Waals surface area contributed by atoms with Gasteiger partial charge in [-0.05, 0) is 0 Å². The molecule has 0 radical (unpaired) electrons. The van der Waals surface area contributed by atoms with Crippen molar-refractivity contribution >= 4 is 0 Å². The van der Waals surface area contributed by atoms with Crippen LogP contribution in [0.5, 0.6) is 0 Å². The monoisotopic (exact) mass is 514 g/mol. The van der Waals surface area contributed by atoms with Crippen LogP contribution < -0.4 is 24.8 Å². The normalized spacial score (nSPS) is 9.52. The maximum absolute atomic E-state index is 2.38. The number of unbranched alkanes of at least 4 members (excludes halogenated alkanes) is 4. The van der Waals surface area contributed by atoms with Crippen LogP contribution in [-0.2, 0) is 51.9 Å². The molecular formula is C26H42Cl2Zr. The van der Waals surface area contributed by atoms with Gasteiger partial charge in [0.05, 0.1) is 0 Å². The van der Waals surface area contributed by atoms with Crippen molar-refractivity contribution in [2.24, 2.45) is 0 Å². The van der Waals surface area contributed by atoms with E-state index in [4.69, 9.17) is 0 Å². The van der Waals surface area contributed by atoms with Crippen LogP contribution in [0.1, 0.15) is 101 Å². The van der Waals surface area contributed by atoms with Crippen molar-refractivity contribution in [1.29, 1.82) is 0 Å². The molecule has 0 spiro atoms. The predicted octanol–water partition coefficient (Wildman–Crippen LogP) is 2.19. The molecule has 0 aliphatic carbocycles. The van der Waals surface area contributed by atoms with Crippen molar-refractivity contribution in [3.05, 3.63) is 58.7 Å². The zero-order valence-corrected chi connectivity index (χ0v) is 23.2. The first-order valence-corrected chi connectivity index (χ1v) is 11.2. The van der Waals surface area contributed by atoms with E-state index >= 15 is 0 Å². The van der Waals surface area contributed by atoms with Gasteiger partial charge >= 0.3 is 26.2 Å². The minimum absolute atomic E-state index is 0. The molecule has 29 heavy (non-hydrogen) atoms. The molecule has 2 rings (SSSR count). The molecule has 0 heterocycles. The van der Waals surface area contributed by atoms with Crippen LogP contribution in [0, 0.1) is 0 Å². The zero-order chi connectivity index (χ0) is 19.0. The average molecular weight is 517 g/mol. The molecule has 0 saturated carbocycles. The molecule has 0 fully saturated rings. The first-order valence-electron chi connectivity index (χ1n) is 11.2. The van der Waals surface area contributed by atoms with Gasteiger partial charge in [0, 0.05) is 0 Å². The van der Waals surface area contributed by atoms with E-state index in [2.05, 4.69) is 64.1 Å². The van der Waals surface area contributed by atoms with Gasteiger partial charge < -0.3 is 24.8 Å². The molecule has 2 aromatic carbocycles. The number of rotatable bonds is 12. The molecule has 0 aliphatic rings. The van der Waals surface area contributed by atoms with E-state index in [1.807, 2.05) is 0 Å². The third kappa shape index (κ3) is 16.5. The quantitative estimate of drug-likeness (QED) is 0.380. The Hall–Kier alpha value is 0.163. The second-order valence-electron chi connectivity index (χ2n) is 7.67. The van der Waals surface area contributed by atoms with Crippen LogP contribution in [0.2, 0.25) is 0 Å². The SMILES string of the molecule is CCCCc1cc[c-](CCCC)c1.CCCCc1cc[c-](CCCC)c1.[Cl-].[Cl-].[Zr+4]. The summed E-state index contributed by atoms with van der Waals surface area (Å²) in [4.78, 5) is 0.